The van der Waals surface area contributed by atoms with E-state index in [4.69, 9.17) is 4.74 Å². The van der Waals surface area contributed by atoms with Crippen LogP contribution in [0.4, 0.5) is 0 Å². The Labute approximate surface area is 116 Å². The molecular formula is C15H28N2O2. The number of aliphatic hydroxyl groups is 1. The monoisotopic (exact) mass is 268 g/mol. The molecule has 0 aromatic carbocycles. The zero-order valence-corrected chi connectivity index (χ0v) is 12.3. The maximum atomic E-state index is 9.82. The molecule has 2 aliphatic carbocycles. The number of nitrogens with one attached hydrogen (secondary N) is 1. The van der Waals surface area contributed by atoms with Gasteiger partial charge in [-0.1, -0.05) is 0 Å². The summed E-state index contributed by atoms with van der Waals surface area (Å²) in [5, 5.41) is 13.5. The highest BCUT2D eigenvalue weighted by molar-refractivity contribution is 5.04. The number of morpholine rings is 1. The molecule has 4 nitrogen and oxygen atoms in total. The number of hydrogen-bond acceptors (Lipinski definition) is 4. The van der Waals surface area contributed by atoms with Crippen LogP contribution in [0, 0.1) is 0 Å². The van der Waals surface area contributed by atoms with Gasteiger partial charge >= 0.3 is 0 Å². The van der Waals surface area contributed by atoms with Crippen molar-refractivity contribution < 1.29 is 9.84 Å². The second-order valence-corrected chi connectivity index (χ2v) is 6.94. The molecule has 0 radical (unpaired) electrons. The van der Waals surface area contributed by atoms with Gasteiger partial charge < -0.3 is 15.2 Å². The van der Waals surface area contributed by atoms with Crippen LogP contribution in [0.5, 0.6) is 0 Å². The highest BCUT2D eigenvalue weighted by Crippen LogP contribution is 2.37. The van der Waals surface area contributed by atoms with E-state index in [1.165, 1.54) is 19.3 Å². The first-order valence-electron chi connectivity index (χ1n) is 7.88. The van der Waals surface area contributed by atoms with E-state index in [1.807, 2.05) is 0 Å². The molecule has 1 heterocycles. The molecule has 4 atom stereocenters. The van der Waals surface area contributed by atoms with E-state index < -0.39 is 0 Å². The molecule has 110 valence electrons. The summed E-state index contributed by atoms with van der Waals surface area (Å²) in [6.45, 7) is 6.60. The lowest BCUT2D eigenvalue weighted by atomic mass is 9.97. The van der Waals surface area contributed by atoms with Gasteiger partial charge in [-0.15, -0.1) is 0 Å². The molecule has 0 amide bonds. The van der Waals surface area contributed by atoms with Crippen molar-refractivity contribution in [2.24, 2.45) is 0 Å². The summed E-state index contributed by atoms with van der Waals surface area (Å²) in [5.41, 5.74) is -0.00685. The van der Waals surface area contributed by atoms with Crippen LogP contribution in [0.25, 0.3) is 0 Å². The molecule has 2 saturated carbocycles. The zero-order chi connectivity index (χ0) is 13.5. The Morgan fingerprint density at radius 2 is 2.11 bits per heavy atom. The van der Waals surface area contributed by atoms with Gasteiger partial charge in [-0.25, -0.2) is 0 Å². The number of hydrogen-bond donors (Lipinski definition) is 2. The van der Waals surface area contributed by atoms with E-state index in [1.54, 1.807) is 0 Å². The predicted molar refractivity (Wildman–Crippen MR) is 75.2 cm³/mol. The number of rotatable bonds is 4. The minimum atomic E-state index is -0.00685. The molecule has 0 spiro atoms. The summed E-state index contributed by atoms with van der Waals surface area (Å²) in [6.07, 6.45) is 6.34. The maximum absolute atomic E-state index is 9.82. The standard InChI is InChI=1S/C15H28N2O2/c1-11-9-19-12(2)8-17(11)14-5-6-15(7-14,10-18)16-13-3-4-13/h11-14,16,18H,3-10H2,1-2H3. The lowest BCUT2D eigenvalue weighted by Gasteiger charge is -2.41. The Morgan fingerprint density at radius 3 is 2.79 bits per heavy atom. The van der Waals surface area contributed by atoms with Gasteiger partial charge in [0.15, 0.2) is 0 Å². The normalized spacial score (nSPS) is 44.7. The molecule has 3 fully saturated rings. The van der Waals surface area contributed by atoms with E-state index in [0.717, 1.165) is 26.0 Å². The van der Waals surface area contributed by atoms with Crippen molar-refractivity contribution in [1.29, 1.82) is 0 Å². The maximum Gasteiger partial charge on any atom is 0.0674 e. The van der Waals surface area contributed by atoms with Gasteiger partial charge in [0.1, 0.15) is 0 Å². The van der Waals surface area contributed by atoms with Crippen molar-refractivity contribution in [1.82, 2.24) is 10.2 Å². The van der Waals surface area contributed by atoms with Crippen LogP contribution in [-0.2, 0) is 4.74 Å². The molecule has 1 aliphatic heterocycles. The van der Waals surface area contributed by atoms with Gasteiger partial charge in [0.05, 0.1) is 19.3 Å². The van der Waals surface area contributed by atoms with Crippen LogP contribution in [0.15, 0.2) is 0 Å². The molecular weight excluding hydrogens is 240 g/mol. The summed E-state index contributed by atoms with van der Waals surface area (Å²) < 4.78 is 5.73. The first kappa shape index (κ1) is 13.8. The molecule has 2 N–H and O–H groups in total. The molecule has 1 saturated heterocycles. The highest BCUT2D eigenvalue weighted by Gasteiger charge is 2.45. The fourth-order valence-corrected chi connectivity index (χ4v) is 3.80. The van der Waals surface area contributed by atoms with Crippen LogP contribution >= 0.6 is 0 Å². The Hall–Kier alpha value is -0.160. The second kappa shape index (κ2) is 5.32. The van der Waals surface area contributed by atoms with Crippen molar-refractivity contribution in [3.8, 4) is 0 Å². The van der Waals surface area contributed by atoms with E-state index in [0.29, 0.717) is 24.2 Å². The smallest absolute Gasteiger partial charge is 0.0674 e. The highest BCUT2D eigenvalue weighted by atomic mass is 16.5. The fourth-order valence-electron chi connectivity index (χ4n) is 3.80. The molecule has 19 heavy (non-hydrogen) atoms. The molecule has 0 aromatic heterocycles. The quantitative estimate of drug-likeness (QED) is 0.802. The van der Waals surface area contributed by atoms with Crippen molar-refractivity contribution in [2.45, 2.75) is 75.7 Å². The van der Waals surface area contributed by atoms with Gasteiger partial charge in [-0.3, -0.25) is 4.90 Å². The van der Waals surface area contributed by atoms with Crippen LogP contribution < -0.4 is 5.32 Å². The zero-order valence-electron chi connectivity index (χ0n) is 12.3. The van der Waals surface area contributed by atoms with Crippen LogP contribution in [0.3, 0.4) is 0 Å². The summed E-state index contributed by atoms with van der Waals surface area (Å²) in [5.74, 6) is 0. The average molecular weight is 268 g/mol. The number of aliphatic hydroxyl groups excluding tert-OH is 1. The molecule has 4 heteroatoms. The third-order valence-corrected chi connectivity index (χ3v) is 5.10. The lowest BCUT2D eigenvalue weighted by Crippen LogP contribution is -2.53. The van der Waals surface area contributed by atoms with E-state index in [-0.39, 0.29) is 12.1 Å². The van der Waals surface area contributed by atoms with Crippen molar-refractivity contribution in [2.75, 3.05) is 19.8 Å². The third-order valence-electron chi connectivity index (χ3n) is 5.10. The Bertz CT molecular complexity index is 321. The summed E-state index contributed by atoms with van der Waals surface area (Å²) in [4.78, 5) is 2.61. The Balaban J connectivity index is 1.63. The Morgan fingerprint density at radius 1 is 1.32 bits per heavy atom. The summed E-state index contributed by atoms with van der Waals surface area (Å²) in [7, 11) is 0. The van der Waals surface area contributed by atoms with Gasteiger partial charge in [0.2, 0.25) is 0 Å². The predicted octanol–water partition coefficient (Wildman–Crippen LogP) is 1.13. The van der Waals surface area contributed by atoms with Gasteiger partial charge in [-0.2, -0.15) is 0 Å². The van der Waals surface area contributed by atoms with Crippen molar-refractivity contribution in [3.05, 3.63) is 0 Å². The topological polar surface area (TPSA) is 44.7 Å². The van der Waals surface area contributed by atoms with E-state index >= 15 is 0 Å². The lowest BCUT2D eigenvalue weighted by molar-refractivity contribution is -0.0663. The van der Waals surface area contributed by atoms with Crippen molar-refractivity contribution in [3.63, 3.8) is 0 Å². The minimum absolute atomic E-state index is 0.00685. The number of nitrogens with zero attached hydrogens (tertiary/aromatic N) is 1. The third kappa shape index (κ3) is 2.97. The first-order chi connectivity index (χ1) is 9.12. The minimum Gasteiger partial charge on any atom is -0.394 e. The van der Waals surface area contributed by atoms with E-state index in [9.17, 15) is 5.11 Å². The van der Waals surface area contributed by atoms with Crippen LogP contribution in [-0.4, -0.2) is 59.5 Å². The summed E-state index contributed by atoms with van der Waals surface area (Å²) in [6, 6.07) is 1.79. The van der Waals surface area contributed by atoms with Gasteiger partial charge in [0, 0.05) is 30.2 Å². The average Bonchev–Trinajstić information content (AvgIpc) is 3.11. The Kier molecular flexibility index (Phi) is 3.87. The molecule has 0 aromatic rings. The van der Waals surface area contributed by atoms with Gasteiger partial charge in [0.25, 0.3) is 0 Å². The molecule has 4 unspecified atom stereocenters. The summed E-state index contributed by atoms with van der Waals surface area (Å²) >= 11 is 0. The van der Waals surface area contributed by atoms with Gasteiger partial charge in [-0.05, 0) is 46.0 Å². The largest absolute Gasteiger partial charge is 0.394 e. The molecule has 0 bridgehead atoms. The fraction of sp³-hybridized carbons (Fsp3) is 1.00. The van der Waals surface area contributed by atoms with Crippen LogP contribution in [0.2, 0.25) is 0 Å². The number of ether oxygens (including phenoxy) is 1. The van der Waals surface area contributed by atoms with Crippen molar-refractivity contribution >= 4 is 0 Å². The van der Waals surface area contributed by atoms with E-state index in [2.05, 4.69) is 24.1 Å². The van der Waals surface area contributed by atoms with Crippen LogP contribution in [0.1, 0.15) is 46.0 Å². The molecule has 3 aliphatic rings. The first-order valence-corrected chi connectivity index (χ1v) is 7.88. The SMILES string of the molecule is CC1CN(C2CCC(CO)(NC3CC3)C2)C(C)CO1. The second-order valence-electron chi connectivity index (χ2n) is 6.94. The molecule has 3 rings (SSSR count).